The minimum atomic E-state index is -0.805. The highest BCUT2D eigenvalue weighted by Crippen LogP contribution is 2.31. The zero-order valence-corrected chi connectivity index (χ0v) is 17.8. The summed E-state index contributed by atoms with van der Waals surface area (Å²) in [6.45, 7) is 0.563. The lowest BCUT2D eigenvalue weighted by molar-refractivity contribution is -0.137. The Hall–Kier alpha value is -1.47. The zero-order valence-electron chi connectivity index (χ0n) is 17.8. The van der Waals surface area contributed by atoms with E-state index in [2.05, 4.69) is 15.5 Å². The Morgan fingerprint density at radius 1 is 1.21 bits per heavy atom. The average molecular weight is 408 g/mol. The first kappa shape index (κ1) is 22.2. The second-order valence-electron chi connectivity index (χ2n) is 8.87. The van der Waals surface area contributed by atoms with Gasteiger partial charge in [0.15, 0.2) is 5.82 Å². The number of ether oxygens (including phenoxy) is 1. The quantitative estimate of drug-likeness (QED) is 0.560. The number of hydrogen-bond donors (Lipinski definition) is 2. The van der Waals surface area contributed by atoms with E-state index in [1.165, 1.54) is 38.5 Å². The van der Waals surface area contributed by atoms with Crippen molar-refractivity contribution in [3.05, 3.63) is 11.7 Å². The van der Waals surface area contributed by atoms with E-state index in [1.807, 2.05) is 0 Å². The van der Waals surface area contributed by atoms with Gasteiger partial charge < -0.3 is 19.7 Å². The minimum Gasteiger partial charge on any atom is -0.481 e. The Labute approximate surface area is 174 Å². The number of nitrogens with zero attached hydrogens (tertiary/aromatic N) is 2. The molecule has 0 amide bonds. The first-order valence-corrected chi connectivity index (χ1v) is 11.4. The van der Waals surface area contributed by atoms with E-state index in [4.69, 9.17) is 9.26 Å². The van der Waals surface area contributed by atoms with Crippen molar-refractivity contribution in [1.82, 2.24) is 15.5 Å². The number of carbonyl (C=O) groups is 1. The van der Waals surface area contributed by atoms with Gasteiger partial charge >= 0.3 is 5.97 Å². The summed E-state index contributed by atoms with van der Waals surface area (Å²) in [5, 5.41) is 16.9. The maximum atomic E-state index is 11.3. The Bertz CT molecular complexity index is 607. The van der Waals surface area contributed by atoms with Gasteiger partial charge in [0.1, 0.15) is 0 Å². The fourth-order valence-electron chi connectivity index (χ4n) is 4.90. The lowest BCUT2D eigenvalue weighted by atomic mass is 9.84. The number of methoxy groups -OCH3 is 1. The molecular formula is C22H37N3O4. The predicted molar refractivity (Wildman–Crippen MR) is 110 cm³/mol. The van der Waals surface area contributed by atoms with Gasteiger partial charge in [-0.1, -0.05) is 50.1 Å². The number of aromatic nitrogens is 2. The molecule has 2 aliphatic rings. The number of nitrogens with one attached hydrogen (secondary N) is 1. The molecule has 1 heterocycles. The maximum Gasteiger partial charge on any atom is 0.304 e. The largest absolute Gasteiger partial charge is 0.481 e. The van der Waals surface area contributed by atoms with E-state index in [9.17, 15) is 9.90 Å². The van der Waals surface area contributed by atoms with E-state index in [0.29, 0.717) is 30.4 Å². The van der Waals surface area contributed by atoms with Crippen LogP contribution in [0.3, 0.4) is 0 Å². The molecule has 0 bridgehead atoms. The topological polar surface area (TPSA) is 97.5 Å². The third-order valence-corrected chi connectivity index (χ3v) is 6.70. The van der Waals surface area contributed by atoms with Crippen molar-refractivity contribution in [1.29, 1.82) is 0 Å². The number of hydrogen-bond acceptors (Lipinski definition) is 6. The van der Waals surface area contributed by atoms with Gasteiger partial charge in [-0.3, -0.25) is 4.79 Å². The lowest BCUT2D eigenvalue weighted by Crippen LogP contribution is -2.34. The molecule has 3 rings (SSSR count). The van der Waals surface area contributed by atoms with Crippen LogP contribution in [0.25, 0.3) is 0 Å². The minimum absolute atomic E-state index is 0.0563. The fraction of sp³-hybridized carbons (Fsp3) is 0.864. The first-order valence-electron chi connectivity index (χ1n) is 11.4. The molecule has 7 nitrogen and oxygen atoms in total. The molecule has 0 unspecified atom stereocenters. The summed E-state index contributed by atoms with van der Waals surface area (Å²) in [5.74, 6) is 0.923. The molecule has 29 heavy (non-hydrogen) atoms. The molecule has 0 saturated heterocycles. The van der Waals surface area contributed by atoms with E-state index < -0.39 is 5.97 Å². The van der Waals surface area contributed by atoms with Crippen molar-refractivity contribution in [2.45, 2.75) is 108 Å². The van der Waals surface area contributed by atoms with Gasteiger partial charge in [0.2, 0.25) is 5.89 Å². The molecule has 2 fully saturated rings. The summed E-state index contributed by atoms with van der Waals surface area (Å²) >= 11 is 0. The van der Waals surface area contributed by atoms with Crippen LogP contribution in [0.4, 0.5) is 0 Å². The third kappa shape index (κ3) is 7.37. The Kier molecular flexibility index (Phi) is 8.92. The van der Waals surface area contributed by atoms with Crippen LogP contribution in [0.1, 0.15) is 101 Å². The van der Waals surface area contributed by atoms with Crippen LogP contribution in [-0.2, 0) is 16.1 Å². The van der Waals surface area contributed by atoms with E-state index in [1.54, 1.807) is 7.11 Å². The molecule has 1 atom stereocenters. The molecule has 2 aliphatic carbocycles. The number of carboxylic acids is 1. The molecule has 0 aromatic carbocycles. The monoisotopic (exact) mass is 407 g/mol. The van der Waals surface area contributed by atoms with Crippen molar-refractivity contribution >= 4 is 5.97 Å². The summed E-state index contributed by atoms with van der Waals surface area (Å²) in [4.78, 5) is 15.8. The normalized spacial score (nSPS) is 24.4. The van der Waals surface area contributed by atoms with Crippen LogP contribution < -0.4 is 5.32 Å². The van der Waals surface area contributed by atoms with Crippen LogP contribution in [-0.4, -0.2) is 40.5 Å². The zero-order chi connectivity index (χ0) is 20.5. The van der Waals surface area contributed by atoms with Crippen molar-refractivity contribution in [3.63, 3.8) is 0 Å². The molecule has 0 aliphatic heterocycles. The summed E-state index contributed by atoms with van der Waals surface area (Å²) in [5.41, 5.74) is 0. The van der Waals surface area contributed by atoms with Crippen LogP contribution in [0, 0.1) is 5.92 Å². The fourth-order valence-corrected chi connectivity index (χ4v) is 4.90. The van der Waals surface area contributed by atoms with Gasteiger partial charge in [0, 0.05) is 19.1 Å². The Morgan fingerprint density at radius 2 is 1.97 bits per heavy atom. The summed E-state index contributed by atoms with van der Waals surface area (Å²) in [6.07, 6.45) is 14.5. The molecule has 164 valence electrons. The summed E-state index contributed by atoms with van der Waals surface area (Å²) in [7, 11) is 1.78. The highest BCUT2D eigenvalue weighted by atomic mass is 16.5. The standard InChI is InChI=1S/C22H37N3O4/c1-28-19-12-10-18(11-13-19)23-15-20-24-22(29-25-20)17(14-21(26)27)9-5-8-16-6-3-2-4-7-16/h16-19,23H,2-15H2,1H3,(H,26,27)/t17-,18-,19-/m1/s1. The van der Waals surface area contributed by atoms with Gasteiger partial charge in [-0.05, 0) is 38.0 Å². The van der Waals surface area contributed by atoms with Gasteiger partial charge in [-0.2, -0.15) is 4.98 Å². The molecule has 1 aromatic rings. The van der Waals surface area contributed by atoms with Crippen LogP contribution in [0.5, 0.6) is 0 Å². The smallest absolute Gasteiger partial charge is 0.304 e. The number of aliphatic carboxylic acids is 1. The maximum absolute atomic E-state index is 11.3. The second kappa shape index (κ2) is 11.6. The van der Waals surface area contributed by atoms with Crippen LogP contribution in [0.15, 0.2) is 4.52 Å². The summed E-state index contributed by atoms with van der Waals surface area (Å²) < 4.78 is 10.9. The number of carboxylic acid groups (broad SMARTS) is 1. The molecule has 2 N–H and O–H groups in total. The first-order chi connectivity index (χ1) is 14.1. The van der Waals surface area contributed by atoms with Crippen LogP contribution >= 0.6 is 0 Å². The Morgan fingerprint density at radius 3 is 2.66 bits per heavy atom. The SMILES string of the molecule is CO[C@H]1CC[C@H](NCc2noc([C@H](CCCC3CCCCC3)CC(=O)O)n2)CC1. The van der Waals surface area contributed by atoms with Crippen molar-refractivity contribution in [2.75, 3.05) is 7.11 Å². The molecular weight excluding hydrogens is 370 g/mol. The van der Waals surface area contributed by atoms with Gasteiger partial charge in [0.05, 0.1) is 19.1 Å². The molecule has 7 heteroatoms. The van der Waals surface area contributed by atoms with E-state index in [-0.39, 0.29) is 12.3 Å². The van der Waals surface area contributed by atoms with Gasteiger partial charge in [-0.15, -0.1) is 0 Å². The summed E-state index contributed by atoms with van der Waals surface area (Å²) in [6, 6.07) is 0.452. The van der Waals surface area contributed by atoms with Gasteiger partial charge in [0.25, 0.3) is 0 Å². The highest BCUT2D eigenvalue weighted by molar-refractivity contribution is 5.67. The van der Waals surface area contributed by atoms with Crippen molar-refractivity contribution in [2.24, 2.45) is 5.92 Å². The second-order valence-corrected chi connectivity index (χ2v) is 8.87. The van der Waals surface area contributed by atoms with Gasteiger partial charge in [-0.25, -0.2) is 0 Å². The molecule has 2 saturated carbocycles. The third-order valence-electron chi connectivity index (χ3n) is 6.70. The van der Waals surface area contributed by atoms with Crippen LogP contribution in [0.2, 0.25) is 0 Å². The molecule has 0 radical (unpaired) electrons. The predicted octanol–water partition coefficient (Wildman–Crippen LogP) is 4.43. The van der Waals surface area contributed by atoms with Crippen molar-refractivity contribution in [3.8, 4) is 0 Å². The lowest BCUT2D eigenvalue weighted by Gasteiger charge is -2.27. The van der Waals surface area contributed by atoms with E-state index >= 15 is 0 Å². The number of rotatable bonds is 11. The molecule has 0 spiro atoms. The Balaban J connectivity index is 1.45. The highest BCUT2D eigenvalue weighted by Gasteiger charge is 2.24. The van der Waals surface area contributed by atoms with E-state index in [0.717, 1.165) is 44.4 Å². The van der Waals surface area contributed by atoms with Crippen molar-refractivity contribution < 1.29 is 19.2 Å². The molecule has 1 aromatic heterocycles. The average Bonchev–Trinajstić information content (AvgIpc) is 3.21.